The van der Waals surface area contributed by atoms with Gasteiger partial charge in [0.2, 0.25) is 5.91 Å². The summed E-state index contributed by atoms with van der Waals surface area (Å²) >= 11 is 0. The number of carboxylic acids is 1. The molecule has 3 atom stereocenters. The van der Waals surface area contributed by atoms with E-state index < -0.39 is 12.0 Å². The van der Waals surface area contributed by atoms with Gasteiger partial charge >= 0.3 is 5.97 Å². The molecule has 1 fully saturated rings. The predicted octanol–water partition coefficient (Wildman–Crippen LogP) is 0.502. The second kappa shape index (κ2) is 6.58. The molecule has 1 aromatic rings. The molecule has 1 aromatic carbocycles. The molecule has 2 unspecified atom stereocenters. The van der Waals surface area contributed by atoms with Crippen molar-refractivity contribution in [1.82, 2.24) is 10.6 Å². The molecule has 2 rings (SSSR count). The van der Waals surface area contributed by atoms with Gasteiger partial charge in [-0.3, -0.25) is 4.79 Å². The topological polar surface area (TPSA) is 98.7 Å². The number of carboxylic acid groups (broad SMARTS) is 1. The molecule has 0 aliphatic carbocycles. The van der Waals surface area contributed by atoms with Gasteiger partial charge in [-0.2, -0.15) is 0 Å². The van der Waals surface area contributed by atoms with Crippen LogP contribution < -0.4 is 10.6 Å². The van der Waals surface area contributed by atoms with Crippen LogP contribution in [-0.4, -0.2) is 40.7 Å². The predicted molar refractivity (Wildman–Crippen MR) is 76.9 cm³/mol. The van der Waals surface area contributed by atoms with Crippen LogP contribution in [0.1, 0.15) is 18.9 Å². The summed E-state index contributed by atoms with van der Waals surface area (Å²) in [6.45, 7) is 2.70. The molecule has 21 heavy (non-hydrogen) atoms. The molecule has 0 saturated carbocycles. The van der Waals surface area contributed by atoms with Crippen LogP contribution in [0, 0.1) is 5.92 Å². The average molecular weight is 292 g/mol. The molecular formula is C15H20N2O4. The molecule has 6 heteroatoms. The number of carbonyl (C=O) groups excluding carboxylic acids is 1. The number of nitrogens with one attached hydrogen (secondary N) is 2. The fourth-order valence-electron chi connectivity index (χ4n) is 2.56. The maximum absolute atomic E-state index is 12.2. The zero-order valence-electron chi connectivity index (χ0n) is 11.9. The Hall–Kier alpha value is -2.08. The Labute approximate surface area is 123 Å². The summed E-state index contributed by atoms with van der Waals surface area (Å²) in [6, 6.07) is 5.40. The molecule has 4 N–H and O–H groups in total. The lowest BCUT2D eigenvalue weighted by Gasteiger charge is -2.19. The molecule has 1 saturated heterocycles. The molecule has 1 heterocycles. The molecule has 1 aliphatic rings. The Morgan fingerprint density at radius 3 is 2.57 bits per heavy atom. The van der Waals surface area contributed by atoms with E-state index in [1.807, 2.05) is 6.92 Å². The molecule has 0 bridgehead atoms. The fraction of sp³-hybridized carbons (Fsp3) is 0.467. The summed E-state index contributed by atoms with van der Waals surface area (Å²) in [7, 11) is 0. The van der Waals surface area contributed by atoms with E-state index >= 15 is 0 Å². The van der Waals surface area contributed by atoms with Crippen molar-refractivity contribution < 1.29 is 19.8 Å². The van der Waals surface area contributed by atoms with Crippen LogP contribution in [0.5, 0.6) is 5.75 Å². The zero-order chi connectivity index (χ0) is 15.4. The zero-order valence-corrected chi connectivity index (χ0v) is 11.9. The second-order valence-electron chi connectivity index (χ2n) is 5.41. The Balaban J connectivity index is 2.00. The van der Waals surface area contributed by atoms with Crippen LogP contribution in [0.2, 0.25) is 0 Å². The van der Waals surface area contributed by atoms with Crippen LogP contribution >= 0.6 is 0 Å². The van der Waals surface area contributed by atoms with Gasteiger partial charge in [-0.15, -0.1) is 0 Å². The highest BCUT2D eigenvalue weighted by Crippen LogP contribution is 2.16. The van der Waals surface area contributed by atoms with Crippen LogP contribution in [0.3, 0.4) is 0 Å². The third-order valence-electron chi connectivity index (χ3n) is 3.85. The van der Waals surface area contributed by atoms with Crippen molar-refractivity contribution in [3.8, 4) is 5.75 Å². The third-order valence-corrected chi connectivity index (χ3v) is 3.85. The summed E-state index contributed by atoms with van der Waals surface area (Å²) in [5.74, 6) is -1.35. The van der Waals surface area contributed by atoms with Crippen LogP contribution in [0.15, 0.2) is 24.3 Å². The first kappa shape index (κ1) is 15.3. The van der Waals surface area contributed by atoms with E-state index in [1.165, 1.54) is 12.1 Å². The standard InChI is InChI=1S/C15H20N2O4/c1-9-12(6-7-16-9)14(19)17-13(15(20)21)8-10-2-4-11(18)5-3-10/h2-5,9,12-13,16,18H,6-8H2,1H3,(H,17,19)(H,20,21)/t9?,12?,13-/m0/s1. The number of phenols is 1. The number of rotatable bonds is 5. The molecular weight excluding hydrogens is 272 g/mol. The smallest absolute Gasteiger partial charge is 0.326 e. The van der Waals surface area contributed by atoms with E-state index in [4.69, 9.17) is 0 Å². The summed E-state index contributed by atoms with van der Waals surface area (Å²) in [6.07, 6.45) is 0.911. The van der Waals surface area contributed by atoms with Crippen molar-refractivity contribution in [3.05, 3.63) is 29.8 Å². The summed E-state index contributed by atoms with van der Waals surface area (Å²) in [4.78, 5) is 23.5. The van der Waals surface area contributed by atoms with Gasteiger partial charge in [-0.25, -0.2) is 4.79 Å². The SMILES string of the molecule is CC1NCCC1C(=O)N[C@@H](Cc1ccc(O)cc1)C(=O)O. The lowest BCUT2D eigenvalue weighted by Crippen LogP contribution is -2.46. The quantitative estimate of drug-likeness (QED) is 0.633. The molecule has 0 spiro atoms. The van der Waals surface area contributed by atoms with E-state index in [-0.39, 0.29) is 30.0 Å². The summed E-state index contributed by atoms with van der Waals surface area (Å²) in [5.41, 5.74) is 0.748. The van der Waals surface area contributed by atoms with Crippen molar-refractivity contribution in [2.24, 2.45) is 5.92 Å². The van der Waals surface area contributed by atoms with Gasteiger partial charge in [0.15, 0.2) is 0 Å². The molecule has 114 valence electrons. The number of amides is 1. The number of carbonyl (C=O) groups is 2. The van der Waals surface area contributed by atoms with E-state index in [0.29, 0.717) is 0 Å². The van der Waals surface area contributed by atoms with Gasteiger partial charge < -0.3 is 20.8 Å². The number of hydrogen-bond acceptors (Lipinski definition) is 4. The largest absolute Gasteiger partial charge is 0.508 e. The van der Waals surface area contributed by atoms with Crippen LogP contribution in [0.25, 0.3) is 0 Å². The fourth-order valence-corrected chi connectivity index (χ4v) is 2.56. The van der Waals surface area contributed by atoms with Crippen molar-refractivity contribution in [2.45, 2.75) is 31.8 Å². The Bertz CT molecular complexity index is 515. The van der Waals surface area contributed by atoms with E-state index in [1.54, 1.807) is 12.1 Å². The van der Waals surface area contributed by atoms with Crippen molar-refractivity contribution >= 4 is 11.9 Å². The number of aromatic hydroxyl groups is 1. The Morgan fingerprint density at radius 2 is 2.05 bits per heavy atom. The molecule has 0 aromatic heterocycles. The summed E-state index contributed by atoms with van der Waals surface area (Å²) < 4.78 is 0. The lowest BCUT2D eigenvalue weighted by molar-refractivity contribution is -0.142. The monoisotopic (exact) mass is 292 g/mol. The van der Waals surface area contributed by atoms with Crippen molar-refractivity contribution in [2.75, 3.05) is 6.54 Å². The molecule has 6 nitrogen and oxygen atoms in total. The van der Waals surface area contributed by atoms with Crippen LogP contribution in [0.4, 0.5) is 0 Å². The van der Waals surface area contributed by atoms with Crippen molar-refractivity contribution in [3.63, 3.8) is 0 Å². The van der Waals surface area contributed by atoms with Gasteiger partial charge in [0.05, 0.1) is 5.92 Å². The van der Waals surface area contributed by atoms with Crippen LogP contribution in [-0.2, 0) is 16.0 Å². The van der Waals surface area contributed by atoms with Gasteiger partial charge in [0.1, 0.15) is 11.8 Å². The minimum Gasteiger partial charge on any atom is -0.508 e. The Kier molecular flexibility index (Phi) is 4.80. The van der Waals surface area contributed by atoms with E-state index in [9.17, 15) is 19.8 Å². The highest BCUT2D eigenvalue weighted by Gasteiger charge is 2.32. The first-order valence-electron chi connectivity index (χ1n) is 7.02. The van der Waals surface area contributed by atoms with Gasteiger partial charge in [0.25, 0.3) is 0 Å². The lowest BCUT2D eigenvalue weighted by atomic mass is 9.99. The maximum Gasteiger partial charge on any atom is 0.326 e. The minimum absolute atomic E-state index is 0.0631. The van der Waals surface area contributed by atoms with E-state index in [0.717, 1.165) is 18.5 Å². The normalized spacial score (nSPS) is 22.7. The first-order chi connectivity index (χ1) is 9.97. The first-order valence-corrected chi connectivity index (χ1v) is 7.02. The highest BCUT2D eigenvalue weighted by atomic mass is 16.4. The third kappa shape index (κ3) is 3.95. The highest BCUT2D eigenvalue weighted by molar-refractivity contribution is 5.85. The maximum atomic E-state index is 12.2. The summed E-state index contributed by atoms with van der Waals surface area (Å²) in [5, 5.41) is 24.3. The number of benzene rings is 1. The molecule has 1 amide bonds. The van der Waals surface area contributed by atoms with Gasteiger partial charge in [-0.05, 0) is 37.6 Å². The van der Waals surface area contributed by atoms with Crippen molar-refractivity contribution in [1.29, 1.82) is 0 Å². The van der Waals surface area contributed by atoms with Gasteiger partial charge in [-0.1, -0.05) is 12.1 Å². The number of aliphatic carboxylic acids is 1. The van der Waals surface area contributed by atoms with Gasteiger partial charge in [0, 0.05) is 12.5 Å². The Morgan fingerprint density at radius 1 is 1.38 bits per heavy atom. The number of hydrogen-bond donors (Lipinski definition) is 4. The second-order valence-corrected chi connectivity index (χ2v) is 5.41. The molecule has 1 aliphatic heterocycles. The minimum atomic E-state index is -1.06. The number of phenolic OH excluding ortho intramolecular Hbond substituents is 1. The molecule has 0 radical (unpaired) electrons. The van der Waals surface area contributed by atoms with E-state index in [2.05, 4.69) is 10.6 Å². The average Bonchev–Trinajstić information content (AvgIpc) is 2.86.